The molecule has 0 radical (unpaired) electrons. The molecule has 3 heteroatoms. The number of ether oxygens (including phenoxy) is 1. The lowest BCUT2D eigenvalue weighted by Gasteiger charge is -2.13. The Morgan fingerprint density at radius 3 is 2.27 bits per heavy atom. The van der Waals surface area contributed by atoms with Gasteiger partial charge in [-0.05, 0) is 6.42 Å². The van der Waals surface area contributed by atoms with E-state index >= 15 is 0 Å². The molecule has 0 aliphatic heterocycles. The van der Waals surface area contributed by atoms with Crippen LogP contribution in [0.3, 0.4) is 0 Å². The molecule has 0 rings (SSSR count). The molecule has 0 amide bonds. The molecule has 0 aromatic rings. The topological polar surface area (TPSA) is 9.23 Å². The van der Waals surface area contributed by atoms with E-state index in [9.17, 15) is 0 Å². The molecule has 0 saturated heterocycles. The summed E-state index contributed by atoms with van der Waals surface area (Å²) >= 11 is 11.4. The molecule has 0 aromatic carbocycles. The fourth-order valence-electron chi connectivity index (χ4n) is 1.57. The van der Waals surface area contributed by atoms with Crippen LogP contribution in [-0.2, 0) is 4.74 Å². The lowest BCUT2D eigenvalue weighted by molar-refractivity contribution is 0.0721. The van der Waals surface area contributed by atoms with Crippen LogP contribution in [-0.4, -0.2) is 24.5 Å². The van der Waals surface area contributed by atoms with Crippen LogP contribution in [0.2, 0.25) is 0 Å². The predicted octanol–water partition coefficient (Wildman–Crippen LogP) is 4.60. The summed E-state index contributed by atoms with van der Waals surface area (Å²) in [6, 6.07) is 0. The third-order valence-corrected chi connectivity index (χ3v) is 2.98. The lowest BCUT2D eigenvalue weighted by Crippen LogP contribution is -2.16. The minimum Gasteiger partial charge on any atom is -0.376 e. The summed E-state index contributed by atoms with van der Waals surface area (Å²) in [6.07, 6.45) is 9.19. The van der Waals surface area contributed by atoms with Gasteiger partial charge in [-0.25, -0.2) is 0 Å². The van der Waals surface area contributed by atoms with Crippen molar-refractivity contribution in [1.82, 2.24) is 0 Å². The Balaban J connectivity index is 3.22. The molecular formula is C12H24Cl2O. The average Bonchev–Trinajstić information content (AvgIpc) is 2.27. The highest BCUT2D eigenvalue weighted by molar-refractivity contribution is 6.18. The largest absolute Gasteiger partial charge is 0.376 e. The van der Waals surface area contributed by atoms with Gasteiger partial charge in [0.25, 0.3) is 0 Å². The first-order valence-corrected chi connectivity index (χ1v) is 7.15. The second-order valence-electron chi connectivity index (χ2n) is 3.89. The Morgan fingerprint density at radius 1 is 1.00 bits per heavy atom. The summed E-state index contributed by atoms with van der Waals surface area (Å²) in [5, 5.41) is 0. The Morgan fingerprint density at radius 2 is 1.67 bits per heavy atom. The SMILES string of the molecule is CCCCCCCCC(CCl)OCCCl. The normalized spacial score (nSPS) is 13.0. The number of hydrogen-bond donors (Lipinski definition) is 0. The van der Waals surface area contributed by atoms with Gasteiger partial charge in [0, 0.05) is 11.8 Å². The van der Waals surface area contributed by atoms with Crippen LogP contribution in [0.25, 0.3) is 0 Å². The van der Waals surface area contributed by atoms with Crippen molar-refractivity contribution in [1.29, 1.82) is 0 Å². The summed E-state index contributed by atoms with van der Waals surface area (Å²) in [5.41, 5.74) is 0. The monoisotopic (exact) mass is 254 g/mol. The molecule has 1 nitrogen and oxygen atoms in total. The molecule has 15 heavy (non-hydrogen) atoms. The molecule has 0 fully saturated rings. The first kappa shape index (κ1) is 15.5. The maximum absolute atomic E-state index is 5.80. The van der Waals surface area contributed by atoms with Gasteiger partial charge in [-0.15, -0.1) is 23.2 Å². The van der Waals surface area contributed by atoms with Crippen molar-refractivity contribution in [2.75, 3.05) is 18.4 Å². The lowest BCUT2D eigenvalue weighted by atomic mass is 10.1. The fourth-order valence-corrected chi connectivity index (χ4v) is 1.90. The quantitative estimate of drug-likeness (QED) is 0.387. The van der Waals surface area contributed by atoms with Crippen molar-refractivity contribution in [2.45, 2.75) is 58.0 Å². The second kappa shape index (κ2) is 12.6. The molecule has 0 bridgehead atoms. The highest BCUT2D eigenvalue weighted by atomic mass is 35.5. The van der Waals surface area contributed by atoms with E-state index in [1.54, 1.807) is 0 Å². The summed E-state index contributed by atoms with van der Waals surface area (Å²) in [4.78, 5) is 0. The summed E-state index contributed by atoms with van der Waals surface area (Å²) < 4.78 is 5.50. The zero-order chi connectivity index (χ0) is 11.4. The van der Waals surface area contributed by atoms with Crippen molar-refractivity contribution < 1.29 is 4.74 Å². The van der Waals surface area contributed by atoms with Gasteiger partial charge < -0.3 is 4.74 Å². The van der Waals surface area contributed by atoms with Crippen LogP contribution in [0.1, 0.15) is 51.9 Å². The fraction of sp³-hybridized carbons (Fsp3) is 1.00. The van der Waals surface area contributed by atoms with Gasteiger partial charge in [-0.3, -0.25) is 0 Å². The Labute approximate surface area is 104 Å². The first-order valence-electron chi connectivity index (χ1n) is 6.08. The van der Waals surface area contributed by atoms with Crippen molar-refractivity contribution in [3.05, 3.63) is 0 Å². The average molecular weight is 255 g/mol. The smallest absolute Gasteiger partial charge is 0.0710 e. The highest BCUT2D eigenvalue weighted by Gasteiger charge is 2.06. The van der Waals surface area contributed by atoms with Crippen LogP contribution in [0, 0.1) is 0 Å². The maximum atomic E-state index is 5.80. The molecule has 0 spiro atoms. The third-order valence-electron chi connectivity index (χ3n) is 2.48. The van der Waals surface area contributed by atoms with Crippen molar-refractivity contribution in [3.63, 3.8) is 0 Å². The van der Waals surface area contributed by atoms with Crippen LogP contribution < -0.4 is 0 Å². The minimum absolute atomic E-state index is 0.205. The van der Waals surface area contributed by atoms with Gasteiger partial charge in [-0.1, -0.05) is 45.4 Å². The van der Waals surface area contributed by atoms with E-state index < -0.39 is 0 Å². The van der Waals surface area contributed by atoms with Gasteiger partial charge in [0.15, 0.2) is 0 Å². The van der Waals surface area contributed by atoms with E-state index in [1.807, 2.05) is 0 Å². The number of hydrogen-bond acceptors (Lipinski definition) is 1. The molecule has 0 saturated carbocycles. The van der Waals surface area contributed by atoms with E-state index in [-0.39, 0.29) is 6.10 Å². The van der Waals surface area contributed by atoms with Crippen LogP contribution in [0.5, 0.6) is 0 Å². The molecule has 0 aromatic heterocycles. The Bertz CT molecular complexity index is 120. The maximum Gasteiger partial charge on any atom is 0.0710 e. The standard InChI is InChI=1S/C12H24Cl2O/c1-2-3-4-5-6-7-8-12(11-14)15-10-9-13/h12H,2-11H2,1H3. The molecule has 0 heterocycles. The van der Waals surface area contributed by atoms with Crippen LogP contribution in [0.4, 0.5) is 0 Å². The van der Waals surface area contributed by atoms with E-state index in [0.29, 0.717) is 18.4 Å². The molecule has 1 atom stereocenters. The van der Waals surface area contributed by atoms with E-state index in [1.165, 1.54) is 38.5 Å². The minimum atomic E-state index is 0.205. The number of halogens is 2. The first-order chi connectivity index (χ1) is 7.35. The number of rotatable bonds is 11. The second-order valence-corrected chi connectivity index (χ2v) is 4.58. The van der Waals surface area contributed by atoms with Gasteiger partial charge in [0.2, 0.25) is 0 Å². The Hall–Kier alpha value is 0.540. The molecule has 92 valence electrons. The van der Waals surface area contributed by atoms with Crippen molar-refractivity contribution in [2.24, 2.45) is 0 Å². The number of unbranched alkanes of at least 4 members (excludes halogenated alkanes) is 5. The van der Waals surface area contributed by atoms with Gasteiger partial charge in [-0.2, -0.15) is 0 Å². The predicted molar refractivity (Wildman–Crippen MR) is 69.2 cm³/mol. The summed E-state index contributed by atoms with van der Waals surface area (Å²) in [7, 11) is 0. The number of alkyl halides is 2. The van der Waals surface area contributed by atoms with Crippen LogP contribution >= 0.6 is 23.2 Å². The molecule has 1 unspecified atom stereocenters. The van der Waals surface area contributed by atoms with E-state index in [4.69, 9.17) is 27.9 Å². The summed E-state index contributed by atoms with van der Waals surface area (Å²) in [6.45, 7) is 2.86. The summed E-state index contributed by atoms with van der Waals surface area (Å²) in [5.74, 6) is 1.15. The van der Waals surface area contributed by atoms with Gasteiger partial charge >= 0.3 is 0 Å². The van der Waals surface area contributed by atoms with Crippen molar-refractivity contribution in [3.8, 4) is 0 Å². The molecular weight excluding hydrogens is 231 g/mol. The highest BCUT2D eigenvalue weighted by Crippen LogP contribution is 2.11. The third kappa shape index (κ3) is 10.8. The zero-order valence-electron chi connectivity index (χ0n) is 9.81. The van der Waals surface area contributed by atoms with Crippen molar-refractivity contribution >= 4 is 23.2 Å². The van der Waals surface area contributed by atoms with Crippen LogP contribution in [0.15, 0.2) is 0 Å². The van der Waals surface area contributed by atoms with Gasteiger partial charge in [0.1, 0.15) is 0 Å². The molecule has 0 N–H and O–H groups in total. The van der Waals surface area contributed by atoms with Gasteiger partial charge in [0.05, 0.1) is 12.7 Å². The Kier molecular flexibility index (Phi) is 13.1. The molecule has 0 aliphatic carbocycles. The van der Waals surface area contributed by atoms with E-state index in [2.05, 4.69) is 6.92 Å². The molecule has 0 aliphatic rings. The van der Waals surface area contributed by atoms with E-state index in [0.717, 1.165) is 6.42 Å². The zero-order valence-corrected chi connectivity index (χ0v) is 11.3.